The number of nitrogens with one attached hydrogen (secondary N) is 1. The molecule has 1 heterocycles. The highest BCUT2D eigenvalue weighted by Crippen LogP contribution is 2.14. The summed E-state index contributed by atoms with van der Waals surface area (Å²) in [5.41, 5.74) is 8.35. The van der Waals surface area contributed by atoms with E-state index in [9.17, 15) is 9.90 Å². The molecule has 0 aliphatic carbocycles. The second-order valence-corrected chi connectivity index (χ2v) is 3.59. The van der Waals surface area contributed by atoms with E-state index < -0.39 is 5.91 Å². The monoisotopic (exact) mass is 257 g/mol. The number of rotatable bonds is 3. The molecule has 1 aromatic carbocycles. The second kappa shape index (κ2) is 5.58. The fourth-order valence-corrected chi connectivity index (χ4v) is 1.31. The first-order valence-corrected chi connectivity index (χ1v) is 5.36. The van der Waals surface area contributed by atoms with Gasteiger partial charge < -0.3 is 10.8 Å². The van der Waals surface area contributed by atoms with Gasteiger partial charge in [0, 0.05) is 18.0 Å². The number of hydrogen-bond acceptors (Lipinski definition) is 6. The summed E-state index contributed by atoms with van der Waals surface area (Å²) in [6.45, 7) is 0. The van der Waals surface area contributed by atoms with E-state index in [2.05, 4.69) is 20.5 Å². The number of phenolic OH excluding ortho intramolecular Hbond substituents is 1. The lowest BCUT2D eigenvalue weighted by Crippen LogP contribution is -2.17. The largest absolute Gasteiger partial charge is 0.507 e. The number of phenols is 1. The van der Waals surface area contributed by atoms with Gasteiger partial charge in [-0.3, -0.25) is 4.79 Å². The van der Waals surface area contributed by atoms with Crippen LogP contribution in [0.3, 0.4) is 0 Å². The molecule has 0 saturated heterocycles. The summed E-state index contributed by atoms with van der Waals surface area (Å²) in [7, 11) is 0. The van der Waals surface area contributed by atoms with Gasteiger partial charge in [-0.15, -0.1) is 0 Å². The zero-order valence-electron chi connectivity index (χ0n) is 9.82. The molecule has 0 aliphatic rings. The third kappa shape index (κ3) is 3.25. The number of hydrogen-bond donors (Lipinski definition) is 3. The highest BCUT2D eigenvalue weighted by molar-refractivity contribution is 5.97. The molecule has 0 bridgehead atoms. The van der Waals surface area contributed by atoms with Crippen LogP contribution < -0.4 is 11.2 Å². The van der Waals surface area contributed by atoms with E-state index >= 15 is 0 Å². The van der Waals surface area contributed by atoms with Crippen molar-refractivity contribution < 1.29 is 9.90 Å². The molecule has 1 amide bonds. The summed E-state index contributed by atoms with van der Waals surface area (Å²) < 4.78 is 0. The lowest BCUT2D eigenvalue weighted by molar-refractivity contribution is 0.0952. The number of amides is 1. The number of nitrogens with zero attached hydrogens (tertiary/aromatic N) is 3. The van der Waals surface area contributed by atoms with Crippen molar-refractivity contribution in [3.63, 3.8) is 0 Å². The molecule has 0 unspecified atom stereocenters. The lowest BCUT2D eigenvalue weighted by Gasteiger charge is -2.01. The average Bonchev–Trinajstić information content (AvgIpc) is 2.41. The topological polar surface area (TPSA) is 113 Å². The van der Waals surface area contributed by atoms with Crippen molar-refractivity contribution in [1.82, 2.24) is 15.4 Å². The van der Waals surface area contributed by atoms with Gasteiger partial charge in [-0.05, 0) is 12.1 Å². The molecule has 0 radical (unpaired) electrons. The van der Waals surface area contributed by atoms with Crippen molar-refractivity contribution in [1.29, 1.82) is 0 Å². The van der Waals surface area contributed by atoms with Crippen LogP contribution in [-0.2, 0) is 0 Å². The number of nitrogen functional groups attached to an aromatic ring is 1. The molecule has 19 heavy (non-hydrogen) atoms. The second-order valence-electron chi connectivity index (χ2n) is 3.59. The number of carbonyl (C=O) groups excluding carboxylic acids is 1. The predicted molar refractivity (Wildman–Crippen MR) is 69.6 cm³/mol. The smallest absolute Gasteiger partial charge is 0.275 e. The summed E-state index contributed by atoms with van der Waals surface area (Å²) in [6, 6.07) is 6.19. The maximum Gasteiger partial charge on any atom is 0.275 e. The van der Waals surface area contributed by atoms with Crippen molar-refractivity contribution in [3.05, 3.63) is 47.8 Å². The lowest BCUT2D eigenvalue weighted by atomic mass is 10.2. The first-order valence-electron chi connectivity index (χ1n) is 5.36. The number of para-hydroxylation sites is 1. The molecular weight excluding hydrogens is 246 g/mol. The van der Waals surface area contributed by atoms with Gasteiger partial charge in [0.2, 0.25) is 5.95 Å². The quantitative estimate of drug-likeness (QED) is 0.548. The van der Waals surface area contributed by atoms with Gasteiger partial charge in [0.05, 0.1) is 11.8 Å². The SMILES string of the molecule is Nc1ncc(/C=N\NC(=O)c2ccccc2O)cn1. The third-order valence-corrected chi connectivity index (χ3v) is 2.22. The van der Waals surface area contributed by atoms with E-state index in [-0.39, 0.29) is 17.3 Å². The average molecular weight is 257 g/mol. The Balaban J connectivity index is 2.01. The van der Waals surface area contributed by atoms with E-state index in [1.54, 1.807) is 12.1 Å². The Morgan fingerprint density at radius 1 is 1.32 bits per heavy atom. The number of hydrazone groups is 1. The molecule has 96 valence electrons. The Bertz CT molecular complexity index is 610. The normalized spacial score (nSPS) is 10.5. The van der Waals surface area contributed by atoms with Crippen molar-refractivity contribution in [2.75, 3.05) is 5.73 Å². The maximum absolute atomic E-state index is 11.7. The number of benzene rings is 1. The molecule has 4 N–H and O–H groups in total. The number of carbonyl (C=O) groups is 1. The van der Waals surface area contributed by atoms with Crippen molar-refractivity contribution >= 4 is 18.1 Å². The molecule has 0 aliphatic heterocycles. The molecule has 2 rings (SSSR count). The molecule has 0 spiro atoms. The predicted octanol–water partition coefficient (Wildman–Crippen LogP) is 0.528. The van der Waals surface area contributed by atoms with Crippen LogP contribution in [0.5, 0.6) is 5.75 Å². The van der Waals surface area contributed by atoms with E-state index in [1.165, 1.54) is 30.7 Å². The van der Waals surface area contributed by atoms with Crippen LogP contribution in [0.4, 0.5) is 5.95 Å². The molecule has 0 atom stereocenters. The molecule has 0 saturated carbocycles. The highest BCUT2D eigenvalue weighted by atomic mass is 16.3. The molecule has 0 fully saturated rings. The van der Waals surface area contributed by atoms with Crippen LogP contribution in [0.15, 0.2) is 41.8 Å². The summed E-state index contributed by atoms with van der Waals surface area (Å²) in [6.07, 6.45) is 4.31. The zero-order valence-corrected chi connectivity index (χ0v) is 9.82. The number of anilines is 1. The Kier molecular flexibility index (Phi) is 3.67. The van der Waals surface area contributed by atoms with E-state index in [1.807, 2.05) is 0 Å². The molecular formula is C12H11N5O2. The van der Waals surface area contributed by atoms with Crippen LogP contribution in [0, 0.1) is 0 Å². The van der Waals surface area contributed by atoms with Gasteiger partial charge in [-0.25, -0.2) is 15.4 Å². The molecule has 2 aromatic rings. The Labute approximate surface area is 108 Å². The van der Waals surface area contributed by atoms with Crippen LogP contribution in [0.1, 0.15) is 15.9 Å². The van der Waals surface area contributed by atoms with Gasteiger partial charge in [0.1, 0.15) is 5.75 Å². The Morgan fingerprint density at radius 2 is 2.00 bits per heavy atom. The fourth-order valence-electron chi connectivity index (χ4n) is 1.31. The summed E-state index contributed by atoms with van der Waals surface area (Å²) in [5.74, 6) is -0.452. The van der Waals surface area contributed by atoms with Gasteiger partial charge in [-0.2, -0.15) is 5.10 Å². The third-order valence-electron chi connectivity index (χ3n) is 2.22. The van der Waals surface area contributed by atoms with Crippen molar-refractivity contribution in [2.24, 2.45) is 5.10 Å². The maximum atomic E-state index is 11.7. The first kappa shape index (κ1) is 12.5. The van der Waals surface area contributed by atoms with Crippen LogP contribution in [-0.4, -0.2) is 27.2 Å². The van der Waals surface area contributed by atoms with E-state index in [0.29, 0.717) is 5.56 Å². The minimum Gasteiger partial charge on any atom is -0.507 e. The highest BCUT2D eigenvalue weighted by Gasteiger charge is 2.08. The van der Waals surface area contributed by atoms with Crippen molar-refractivity contribution in [2.45, 2.75) is 0 Å². The van der Waals surface area contributed by atoms with Crippen LogP contribution in [0.2, 0.25) is 0 Å². The van der Waals surface area contributed by atoms with Gasteiger partial charge in [0.25, 0.3) is 5.91 Å². The van der Waals surface area contributed by atoms with Crippen molar-refractivity contribution in [3.8, 4) is 5.75 Å². The standard InChI is InChI=1S/C12H11N5O2/c13-12-14-5-8(6-15-12)7-16-17-11(19)9-3-1-2-4-10(9)18/h1-7,18H,(H,17,19)(H2,13,14,15)/b16-7-. The molecule has 7 heteroatoms. The first-order chi connectivity index (χ1) is 9.16. The van der Waals surface area contributed by atoms with Crippen LogP contribution in [0.25, 0.3) is 0 Å². The van der Waals surface area contributed by atoms with Gasteiger partial charge in [-0.1, -0.05) is 12.1 Å². The van der Waals surface area contributed by atoms with Crippen LogP contribution >= 0.6 is 0 Å². The van der Waals surface area contributed by atoms with E-state index in [0.717, 1.165) is 0 Å². The summed E-state index contributed by atoms with van der Waals surface area (Å²) in [5, 5.41) is 13.2. The summed E-state index contributed by atoms with van der Waals surface area (Å²) >= 11 is 0. The minimum atomic E-state index is -0.509. The molecule has 1 aromatic heterocycles. The minimum absolute atomic E-state index is 0.106. The fraction of sp³-hybridized carbons (Fsp3) is 0. The number of aromatic nitrogens is 2. The summed E-state index contributed by atoms with van der Waals surface area (Å²) in [4.78, 5) is 19.2. The molecule has 7 nitrogen and oxygen atoms in total. The van der Waals surface area contributed by atoms with Gasteiger partial charge >= 0.3 is 0 Å². The Morgan fingerprint density at radius 3 is 2.68 bits per heavy atom. The van der Waals surface area contributed by atoms with E-state index in [4.69, 9.17) is 5.73 Å². The Hall–Kier alpha value is -2.96. The zero-order chi connectivity index (χ0) is 13.7. The number of aromatic hydroxyl groups is 1. The van der Waals surface area contributed by atoms with Gasteiger partial charge in [0.15, 0.2) is 0 Å². The number of nitrogens with two attached hydrogens (primary N) is 1.